The summed E-state index contributed by atoms with van der Waals surface area (Å²) in [6, 6.07) is 8.35. The molecule has 0 bridgehead atoms. The molecule has 0 atom stereocenters. The number of imidazole rings is 1. The number of benzene rings is 1. The Morgan fingerprint density at radius 3 is 2.62 bits per heavy atom. The van der Waals surface area contributed by atoms with Gasteiger partial charge in [0.15, 0.2) is 0 Å². The van der Waals surface area contributed by atoms with Crippen LogP contribution >= 0.6 is 27.5 Å². The van der Waals surface area contributed by atoms with E-state index in [1.807, 2.05) is 29.0 Å². The van der Waals surface area contributed by atoms with E-state index in [0.29, 0.717) is 5.28 Å². The molecular weight excluding hydrogens is 288 g/mol. The van der Waals surface area contributed by atoms with Gasteiger partial charge in [-0.1, -0.05) is 34.1 Å². The Morgan fingerprint density at radius 2 is 2.00 bits per heavy atom. The summed E-state index contributed by atoms with van der Waals surface area (Å²) < 4.78 is 3.07. The van der Waals surface area contributed by atoms with Gasteiger partial charge in [0.05, 0.1) is 11.9 Å². The van der Waals surface area contributed by atoms with E-state index in [1.165, 1.54) is 0 Å². The van der Waals surface area contributed by atoms with Gasteiger partial charge in [-0.25, -0.2) is 4.98 Å². The first kappa shape index (κ1) is 11.7. The van der Waals surface area contributed by atoms with Crippen LogP contribution in [-0.2, 0) is 0 Å². The summed E-state index contributed by atoms with van der Waals surface area (Å²) in [5, 5.41) is 0.528. The quantitative estimate of drug-likeness (QED) is 0.795. The zero-order valence-electron chi connectivity index (χ0n) is 9.11. The highest BCUT2D eigenvalue weighted by atomic mass is 79.9. The van der Waals surface area contributed by atoms with Crippen LogP contribution in [0.15, 0.2) is 34.9 Å². The van der Waals surface area contributed by atoms with E-state index in [-0.39, 0.29) is 6.04 Å². The average molecular weight is 300 g/mol. The van der Waals surface area contributed by atoms with Crippen LogP contribution in [0, 0.1) is 0 Å². The van der Waals surface area contributed by atoms with Crippen molar-refractivity contribution < 1.29 is 0 Å². The molecule has 2 rings (SSSR count). The van der Waals surface area contributed by atoms with Gasteiger partial charge in [0.2, 0.25) is 5.28 Å². The van der Waals surface area contributed by atoms with Crippen LogP contribution in [0.2, 0.25) is 5.28 Å². The normalized spacial score (nSPS) is 11.1. The molecule has 4 heteroatoms. The molecule has 1 aromatic carbocycles. The third-order valence-corrected chi connectivity index (χ3v) is 3.39. The topological polar surface area (TPSA) is 17.8 Å². The van der Waals surface area contributed by atoms with Crippen molar-refractivity contribution in [1.82, 2.24) is 9.55 Å². The summed E-state index contributed by atoms with van der Waals surface area (Å²) in [5.74, 6) is 0. The van der Waals surface area contributed by atoms with Gasteiger partial charge in [-0.15, -0.1) is 0 Å². The lowest BCUT2D eigenvalue weighted by molar-refractivity contribution is 0.606. The second kappa shape index (κ2) is 4.60. The highest BCUT2D eigenvalue weighted by molar-refractivity contribution is 9.10. The highest BCUT2D eigenvalue weighted by Crippen LogP contribution is 2.31. The van der Waals surface area contributed by atoms with Crippen molar-refractivity contribution in [3.8, 4) is 11.3 Å². The Bertz CT molecular complexity index is 505. The highest BCUT2D eigenvalue weighted by Gasteiger charge is 2.14. The van der Waals surface area contributed by atoms with Crippen LogP contribution in [-0.4, -0.2) is 9.55 Å². The largest absolute Gasteiger partial charge is 0.312 e. The lowest BCUT2D eigenvalue weighted by Crippen LogP contribution is -2.03. The van der Waals surface area contributed by atoms with Gasteiger partial charge in [-0.3, -0.25) is 0 Å². The van der Waals surface area contributed by atoms with Crippen LogP contribution in [0.5, 0.6) is 0 Å². The van der Waals surface area contributed by atoms with E-state index in [0.717, 1.165) is 15.7 Å². The van der Waals surface area contributed by atoms with Crippen LogP contribution in [0.3, 0.4) is 0 Å². The lowest BCUT2D eigenvalue weighted by Gasteiger charge is -2.13. The second-order valence-corrected chi connectivity index (χ2v) is 5.05. The minimum atomic E-state index is 0.289. The molecule has 0 spiro atoms. The predicted molar refractivity (Wildman–Crippen MR) is 70.8 cm³/mol. The molecule has 84 valence electrons. The van der Waals surface area contributed by atoms with Gasteiger partial charge in [0.25, 0.3) is 0 Å². The fourth-order valence-electron chi connectivity index (χ4n) is 1.70. The zero-order chi connectivity index (χ0) is 11.7. The molecule has 0 saturated heterocycles. The molecule has 1 heterocycles. The maximum Gasteiger partial charge on any atom is 0.203 e. The Morgan fingerprint density at radius 1 is 1.31 bits per heavy atom. The standard InChI is InChI=1S/C12H12BrClN2/c1-8(2)16-11(7-15-12(16)14)9-5-3-4-6-10(9)13/h3-8H,1-2H3. The number of halogens is 2. The maximum absolute atomic E-state index is 6.08. The zero-order valence-corrected chi connectivity index (χ0v) is 11.5. The van der Waals surface area contributed by atoms with Crippen LogP contribution < -0.4 is 0 Å². The van der Waals surface area contributed by atoms with Crippen molar-refractivity contribution in [2.45, 2.75) is 19.9 Å². The van der Waals surface area contributed by atoms with Gasteiger partial charge in [0.1, 0.15) is 0 Å². The Kier molecular flexibility index (Phi) is 3.36. The fourth-order valence-corrected chi connectivity index (χ4v) is 2.52. The molecule has 0 saturated carbocycles. The first-order valence-corrected chi connectivity index (χ1v) is 6.26. The van der Waals surface area contributed by atoms with Gasteiger partial charge < -0.3 is 4.57 Å². The van der Waals surface area contributed by atoms with Crippen molar-refractivity contribution in [2.24, 2.45) is 0 Å². The molecule has 0 radical (unpaired) electrons. The van der Waals surface area contributed by atoms with Gasteiger partial charge >= 0.3 is 0 Å². The van der Waals surface area contributed by atoms with Crippen LogP contribution in [0.25, 0.3) is 11.3 Å². The van der Waals surface area contributed by atoms with Crippen molar-refractivity contribution in [1.29, 1.82) is 0 Å². The van der Waals surface area contributed by atoms with Gasteiger partial charge in [0, 0.05) is 16.1 Å². The van der Waals surface area contributed by atoms with Gasteiger partial charge in [-0.05, 0) is 31.5 Å². The maximum atomic E-state index is 6.08. The molecule has 16 heavy (non-hydrogen) atoms. The monoisotopic (exact) mass is 298 g/mol. The third-order valence-electron chi connectivity index (χ3n) is 2.42. The summed E-state index contributed by atoms with van der Waals surface area (Å²) in [6.07, 6.45) is 1.81. The molecule has 0 amide bonds. The average Bonchev–Trinajstić information content (AvgIpc) is 2.61. The van der Waals surface area contributed by atoms with E-state index in [9.17, 15) is 0 Å². The first-order valence-electron chi connectivity index (χ1n) is 5.09. The summed E-state index contributed by atoms with van der Waals surface area (Å²) in [7, 11) is 0. The smallest absolute Gasteiger partial charge is 0.203 e. The Labute approximate surface area is 108 Å². The number of hydrogen-bond donors (Lipinski definition) is 0. The van der Waals surface area contributed by atoms with E-state index in [4.69, 9.17) is 11.6 Å². The minimum Gasteiger partial charge on any atom is -0.312 e. The summed E-state index contributed by atoms with van der Waals surface area (Å²) in [5.41, 5.74) is 2.14. The second-order valence-electron chi connectivity index (χ2n) is 3.86. The van der Waals surface area contributed by atoms with Crippen LogP contribution in [0.4, 0.5) is 0 Å². The third kappa shape index (κ3) is 2.02. The van der Waals surface area contributed by atoms with Crippen molar-refractivity contribution >= 4 is 27.5 Å². The predicted octanol–water partition coefficient (Wildman–Crippen LogP) is 4.55. The molecule has 0 aliphatic carbocycles. The summed E-state index contributed by atoms with van der Waals surface area (Å²) in [6.45, 7) is 4.18. The molecule has 0 aliphatic heterocycles. The number of nitrogens with zero attached hydrogens (tertiary/aromatic N) is 2. The molecule has 2 aromatic rings. The number of aromatic nitrogens is 2. The number of hydrogen-bond acceptors (Lipinski definition) is 1. The fraction of sp³-hybridized carbons (Fsp3) is 0.250. The molecule has 0 aliphatic rings. The van der Waals surface area contributed by atoms with Gasteiger partial charge in [-0.2, -0.15) is 0 Å². The van der Waals surface area contributed by atoms with E-state index in [2.05, 4.69) is 40.8 Å². The van der Waals surface area contributed by atoms with Crippen molar-refractivity contribution in [3.05, 3.63) is 40.2 Å². The molecule has 1 aromatic heterocycles. The van der Waals surface area contributed by atoms with Crippen molar-refractivity contribution in [2.75, 3.05) is 0 Å². The van der Waals surface area contributed by atoms with Crippen LogP contribution in [0.1, 0.15) is 19.9 Å². The first-order chi connectivity index (χ1) is 7.61. The Balaban J connectivity index is 2.61. The molecule has 0 unspecified atom stereocenters. The van der Waals surface area contributed by atoms with E-state index in [1.54, 1.807) is 0 Å². The molecule has 0 fully saturated rings. The Hall–Kier alpha value is -0.800. The van der Waals surface area contributed by atoms with Crippen molar-refractivity contribution in [3.63, 3.8) is 0 Å². The van der Waals surface area contributed by atoms with E-state index >= 15 is 0 Å². The SMILES string of the molecule is CC(C)n1c(-c2ccccc2Br)cnc1Cl. The summed E-state index contributed by atoms with van der Waals surface area (Å²) >= 11 is 9.62. The summed E-state index contributed by atoms with van der Waals surface area (Å²) in [4.78, 5) is 4.16. The molecule has 0 N–H and O–H groups in total. The molecular formula is C12H12BrClN2. The number of rotatable bonds is 2. The molecule has 2 nitrogen and oxygen atoms in total. The minimum absolute atomic E-state index is 0.289. The van der Waals surface area contributed by atoms with E-state index < -0.39 is 0 Å². The lowest BCUT2D eigenvalue weighted by atomic mass is 10.1.